The van der Waals surface area contributed by atoms with Crippen molar-refractivity contribution in [2.24, 2.45) is 0 Å². The topological polar surface area (TPSA) is 150 Å². The molecule has 1 amide bonds. The van der Waals surface area contributed by atoms with Gasteiger partial charge in [-0.15, -0.1) is 0 Å². The second-order valence-corrected chi connectivity index (χ2v) is 9.02. The predicted molar refractivity (Wildman–Crippen MR) is 125 cm³/mol. The van der Waals surface area contributed by atoms with Crippen LogP contribution < -0.4 is 5.32 Å². The van der Waals surface area contributed by atoms with Gasteiger partial charge in [0.05, 0.1) is 17.0 Å². The molecule has 3 N–H and O–H groups in total. The molecule has 0 aliphatic carbocycles. The van der Waals surface area contributed by atoms with Crippen molar-refractivity contribution in [3.8, 4) is 0 Å². The molecule has 0 bridgehead atoms. The number of amides is 1. The summed E-state index contributed by atoms with van der Waals surface area (Å²) in [5.41, 5.74) is 2.06. The quantitative estimate of drug-likeness (QED) is 0.385. The summed E-state index contributed by atoms with van der Waals surface area (Å²) in [6, 6.07) is 10.1. The number of nitro benzene ring substituents is 1. The Morgan fingerprint density at radius 2 is 1.89 bits per heavy atom. The third-order valence-electron chi connectivity index (χ3n) is 6.85. The lowest BCUT2D eigenvalue weighted by molar-refractivity contribution is -0.385. The number of aliphatic carboxylic acids is 2. The number of nitrogens with zero attached hydrogens (tertiary/aromatic N) is 2. The van der Waals surface area contributed by atoms with Crippen LogP contribution in [0.4, 0.5) is 5.69 Å². The van der Waals surface area contributed by atoms with Crippen molar-refractivity contribution in [1.29, 1.82) is 0 Å². The lowest BCUT2D eigenvalue weighted by Gasteiger charge is -2.40. The minimum atomic E-state index is -1.14. The Balaban J connectivity index is 1.67. The molecule has 10 heteroatoms. The van der Waals surface area contributed by atoms with Crippen molar-refractivity contribution in [3.63, 3.8) is 0 Å². The van der Waals surface area contributed by atoms with Gasteiger partial charge in [0.2, 0.25) is 5.91 Å². The number of hydrogen-bond acceptors (Lipinski definition) is 6. The van der Waals surface area contributed by atoms with Crippen LogP contribution in [-0.2, 0) is 27.2 Å². The molecule has 184 valence electrons. The molecule has 2 aliphatic rings. The number of rotatable bonds is 8. The number of benzene rings is 2. The van der Waals surface area contributed by atoms with Gasteiger partial charge in [0.1, 0.15) is 12.1 Å². The maximum atomic E-state index is 13.7. The van der Waals surface area contributed by atoms with E-state index in [1.807, 2.05) is 30.3 Å². The molecule has 0 saturated carbocycles. The molecule has 0 spiro atoms. The van der Waals surface area contributed by atoms with Crippen LogP contribution in [0.1, 0.15) is 48.4 Å². The Bertz CT molecular complexity index is 1140. The maximum absolute atomic E-state index is 13.7. The Kier molecular flexibility index (Phi) is 7.11. The number of aryl methyl sites for hydroxylation is 1. The van der Waals surface area contributed by atoms with E-state index in [0.29, 0.717) is 30.4 Å². The summed E-state index contributed by atoms with van der Waals surface area (Å²) >= 11 is 0. The second-order valence-electron chi connectivity index (χ2n) is 9.02. The van der Waals surface area contributed by atoms with Crippen LogP contribution in [-0.4, -0.2) is 56.0 Å². The first kappa shape index (κ1) is 24.3. The first-order valence-electron chi connectivity index (χ1n) is 11.6. The molecule has 2 aliphatic heterocycles. The van der Waals surface area contributed by atoms with Gasteiger partial charge >= 0.3 is 11.9 Å². The summed E-state index contributed by atoms with van der Waals surface area (Å²) in [5.74, 6) is -2.74. The van der Waals surface area contributed by atoms with Crippen LogP contribution in [0, 0.1) is 10.1 Å². The molecular formula is C25H27N3O7. The Morgan fingerprint density at radius 3 is 2.54 bits per heavy atom. The minimum Gasteiger partial charge on any atom is -0.480 e. The molecule has 0 radical (unpaired) electrons. The van der Waals surface area contributed by atoms with Gasteiger partial charge in [-0.05, 0) is 55.2 Å². The number of hydrogen-bond donors (Lipinski definition) is 3. The highest BCUT2D eigenvalue weighted by Gasteiger charge is 2.45. The van der Waals surface area contributed by atoms with Gasteiger partial charge in [0.25, 0.3) is 5.69 Å². The second kappa shape index (κ2) is 10.2. The molecule has 2 aromatic carbocycles. The standard InChI is InChI=1S/C25H27N3O7/c29-23-20(26-19(24(30)31)12-9-15-5-2-1-3-6-15)13-16-10-11-17(28(34)35)14-18(16)21-7-4-8-22(25(32)33)27(21)23/h1-3,5-6,10-11,14,19-22,26H,4,7-9,12-13H2,(H,30,31)(H,32,33)/t19-,20+,21-,22+/m0/s1. The monoisotopic (exact) mass is 481 g/mol. The summed E-state index contributed by atoms with van der Waals surface area (Å²) in [5, 5.41) is 34.0. The van der Waals surface area contributed by atoms with Gasteiger partial charge < -0.3 is 15.1 Å². The summed E-state index contributed by atoms with van der Waals surface area (Å²) in [4.78, 5) is 50.0. The van der Waals surface area contributed by atoms with E-state index in [-0.39, 0.29) is 24.9 Å². The van der Waals surface area contributed by atoms with Crippen molar-refractivity contribution >= 4 is 23.5 Å². The van der Waals surface area contributed by atoms with Crippen molar-refractivity contribution < 1.29 is 29.5 Å². The fourth-order valence-electron chi connectivity index (χ4n) is 5.14. The van der Waals surface area contributed by atoms with E-state index in [1.165, 1.54) is 17.0 Å². The van der Waals surface area contributed by atoms with Gasteiger partial charge in [-0.1, -0.05) is 36.4 Å². The highest BCUT2D eigenvalue weighted by molar-refractivity contribution is 5.89. The first-order valence-corrected chi connectivity index (χ1v) is 11.6. The molecule has 4 atom stereocenters. The van der Waals surface area contributed by atoms with Crippen LogP contribution in [0.3, 0.4) is 0 Å². The minimum absolute atomic E-state index is 0.112. The fourth-order valence-corrected chi connectivity index (χ4v) is 5.14. The number of carboxylic acid groups (broad SMARTS) is 2. The number of carbonyl (C=O) groups excluding carboxylic acids is 1. The normalized spacial score (nSPS) is 22.5. The average Bonchev–Trinajstić information content (AvgIpc) is 2.96. The molecular weight excluding hydrogens is 454 g/mol. The van der Waals surface area contributed by atoms with Gasteiger partial charge in [-0.2, -0.15) is 0 Å². The molecule has 1 fully saturated rings. The zero-order valence-corrected chi connectivity index (χ0v) is 19.0. The van der Waals surface area contributed by atoms with E-state index in [1.54, 1.807) is 6.07 Å². The maximum Gasteiger partial charge on any atom is 0.326 e. The van der Waals surface area contributed by atoms with Crippen LogP contribution >= 0.6 is 0 Å². The van der Waals surface area contributed by atoms with E-state index in [9.17, 15) is 34.7 Å². The molecule has 0 aromatic heterocycles. The van der Waals surface area contributed by atoms with E-state index < -0.39 is 46.9 Å². The van der Waals surface area contributed by atoms with Gasteiger partial charge in [0.15, 0.2) is 0 Å². The van der Waals surface area contributed by atoms with E-state index in [4.69, 9.17) is 0 Å². The summed E-state index contributed by atoms with van der Waals surface area (Å²) < 4.78 is 0. The number of fused-ring (bicyclic) bond motifs is 3. The number of nitro groups is 1. The summed E-state index contributed by atoms with van der Waals surface area (Å²) in [6.07, 6.45) is 2.14. The fraction of sp³-hybridized carbons (Fsp3) is 0.400. The number of carbonyl (C=O) groups is 3. The highest BCUT2D eigenvalue weighted by Crippen LogP contribution is 2.40. The lowest BCUT2D eigenvalue weighted by Crippen LogP contribution is -2.57. The lowest BCUT2D eigenvalue weighted by atomic mass is 9.89. The van der Waals surface area contributed by atoms with Crippen molar-refractivity contribution in [1.82, 2.24) is 10.2 Å². The van der Waals surface area contributed by atoms with Crippen molar-refractivity contribution in [3.05, 3.63) is 75.3 Å². The van der Waals surface area contributed by atoms with Gasteiger partial charge in [0, 0.05) is 12.1 Å². The Morgan fingerprint density at radius 1 is 1.14 bits per heavy atom. The van der Waals surface area contributed by atoms with Crippen LogP contribution in [0.15, 0.2) is 48.5 Å². The van der Waals surface area contributed by atoms with E-state index in [2.05, 4.69) is 5.32 Å². The molecule has 35 heavy (non-hydrogen) atoms. The number of nitrogens with one attached hydrogen (secondary N) is 1. The van der Waals surface area contributed by atoms with Crippen molar-refractivity contribution in [2.75, 3.05) is 0 Å². The number of piperidine rings is 1. The summed E-state index contributed by atoms with van der Waals surface area (Å²) in [7, 11) is 0. The number of carboxylic acids is 2. The van der Waals surface area contributed by atoms with Crippen molar-refractivity contribution in [2.45, 2.75) is 62.7 Å². The molecule has 4 rings (SSSR count). The first-order chi connectivity index (χ1) is 16.8. The zero-order chi connectivity index (χ0) is 25.1. The molecule has 1 saturated heterocycles. The van der Waals surface area contributed by atoms with Crippen LogP contribution in [0.2, 0.25) is 0 Å². The smallest absolute Gasteiger partial charge is 0.326 e. The van der Waals surface area contributed by atoms with Crippen LogP contribution in [0.25, 0.3) is 0 Å². The Hall–Kier alpha value is -3.79. The molecule has 2 aromatic rings. The molecule has 10 nitrogen and oxygen atoms in total. The Labute approximate surface area is 201 Å². The molecule has 2 heterocycles. The summed E-state index contributed by atoms with van der Waals surface area (Å²) in [6.45, 7) is 0. The molecule has 0 unspecified atom stereocenters. The van der Waals surface area contributed by atoms with Gasteiger partial charge in [-0.25, -0.2) is 4.79 Å². The third-order valence-corrected chi connectivity index (χ3v) is 6.85. The predicted octanol–water partition coefficient (Wildman–Crippen LogP) is 2.70. The zero-order valence-electron chi connectivity index (χ0n) is 19.0. The van der Waals surface area contributed by atoms with E-state index >= 15 is 0 Å². The third kappa shape index (κ3) is 5.17. The van der Waals surface area contributed by atoms with Crippen LogP contribution in [0.5, 0.6) is 0 Å². The van der Waals surface area contributed by atoms with Gasteiger partial charge in [-0.3, -0.25) is 25.0 Å². The van der Waals surface area contributed by atoms with E-state index in [0.717, 1.165) is 5.56 Å². The SMILES string of the molecule is O=C(O)[C@H](CCc1ccccc1)N[C@@H]1Cc2ccc([N+](=O)[O-])cc2[C@@H]2CCC[C@H](C(=O)O)N2C1=O. The largest absolute Gasteiger partial charge is 0.480 e. The number of non-ortho nitro benzene ring substituents is 1. The highest BCUT2D eigenvalue weighted by atomic mass is 16.6. The average molecular weight is 482 g/mol.